The summed E-state index contributed by atoms with van der Waals surface area (Å²) >= 11 is 0. The van der Waals surface area contributed by atoms with E-state index in [-0.39, 0.29) is 11.9 Å². The van der Waals surface area contributed by atoms with Gasteiger partial charge in [0.15, 0.2) is 0 Å². The molecule has 0 aliphatic carbocycles. The van der Waals surface area contributed by atoms with Crippen LogP contribution < -0.4 is 5.32 Å². The van der Waals surface area contributed by atoms with Gasteiger partial charge in [-0.05, 0) is 31.9 Å². The molecule has 1 N–H and O–H groups in total. The summed E-state index contributed by atoms with van der Waals surface area (Å²) in [5.41, 5.74) is 6.82. The second-order valence-corrected chi connectivity index (χ2v) is 3.70. The number of hydrogen-bond acceptors (Lipinski definition) is 1. The number of carbonyl (C=O) groups excluding carboxylic acids is 1. The van der Waals surface area contributed by atoms with E-state index >= 15 is 0 Å². The highest BCUT2D eigenvalue weighted by atomic mass is 16.1. The molecule has 1 aliphatic rings. The van der Waals surface area contributed by atoms with Gasteiger partial charge in [0.25, 0.3) is 0 Å². The molecule has 1 saturated heterocycles. The standard InChI is InChI=1S/C14H17NO/c1-3-4-5-6-7-10-13-12(2)9-8-11-14(16)15-13/h3-5,10,13H,2,8-9,11H2,1H3,(H,15,16)/b4-3-,10-5?. The van der Waals surface area contributed by atoms with Gasteiger partial charge in [-0.25, -0.2) is 0 Å². The monoisotopic (exact) mass is 215 g/mol. The minimum absolute atomic E-state index is 0.0825. The van der Waals surface area contributed by atoms with Crippen LogP contribution in [0.5, 0.6) is 0 Å². The molecule has 0 aromatic carbocycles. The maximum absolute atomic E-state index is 11.3. The van der Waals surface area contributed by atoms with Crippen molar-refractivity contribution in [1.29, 1.82) is 0 Å². The summed E-state index contributed by atoms with van der Waals surface area (Å²) in [4.78, 5) is 11.3. The highest BCUT2D eigenvalue weighted by molar-refractivity contribution is 5.77. The van der Waals surface area contributed by atoms with Crippen LogP contribution in [0.25, 0.3) is 0 Å². The summed E-state index contributed by atoms with van der Waals surface area (Å²) in [5, 5.41) is 2.89. The largest absolute Gasteiger partial charge is 0.345 e. The van der Waals surface area contributed by atoms with E-state index in [0.29, 0.717) is 6.42 Å². The minimum atomic E-state index is -0.0958. The van der Waals surface area contributed by atoms with Crippen molar-refractivity contribution in [2.24, 2.45) is 0 Å². The first-order valence-electron chi connectivity index (χ1n) is 5.50. The fraction of sp³-hybridized carbons (Fsp3) is 0.357. The molecule has 16 heavy (non-hydrogen) atoms. The maximum Gasteiger partial charge on any atom is 0.220 e. The molecule has 1 rings (SSSR count). The van der Waals surface area contributed by atoms with E-state index in [0.717, 1.165) is 18.4 Å². The van der Waals surface area contributed by atoms with Gasteiger partial charge in [0, 0.05) is 6.42 Å². The average molecular weight is 215 g/mol. The fourth-order valence-electron chi connectivity index (χ4n) is 1.46. The van der Waals surface area contributed by atoms with Crippen LogP contribution >= 0.6 is 0 Å². The Morgan fingerprint density at radius 3 is 3.00 bits per heavy atom. The molecule has 2 heteroatoms. The van der Waals surface area contributed by atoms with Crippen LogP contribution in [-0.2, 0) is 4.79 Å². The third-order valence-corrected chi connectivity index (χ3v) is 2.36. The summed E-state index contributed by atoms with van der Waals surface area (Å²) in [6, 6.07) is -0.0958. The predicted molar refractivity (Wildman–Crippen MR) is 65.9 cm³/mol. The first-order chi connectivity index (χ1) is 7.74. The van der Waals surface area contributed by atoms with Crippen LogP contribution in [0.1, 0.15) is 26.2 Å². The van der Waals surface area contributed by atoms with Crippen molar-refractivity contribution in [2.45, 2.75) is 32.2 Å². The molecule has 2 nitrogen and oxygen atoms in total. The Labute approximate surface area is 96.7 Å². The molecule has 84 valence electrons. The van der Waals surface area contributed by atoms with E-state index in [4.69, 9.17) is 0 Å². The van der Waals surface area contributed by atoms with Crippen molar-refractivity contribution in [2.75, 3.05) is 0 Å². The number of nitrogens with one attached hydrogen (secondary N) is 1. The van der Waals surface area contributed by atoms with E-state index in [1.807, 2.05) is 19.1 Å². The quantitative estimate of drug-likeness (QED) is 0.428. The van der Waals surface area contributed by atoms with Gasteiger partial charge in [0.2, 0.25) is 5.91 Å². The third kappa shape index (κ3) is 4.18. The smallest absolute Gasteiger partial charge is 0.220 e. The van der Waals surface area contributed by atoms with E-state index < -0.39 is 0 Å². The van der Waals surface area contributed by atoms with Crippen molar-refractivity contribution in [3.05, 3.63) is 47.9 Å². The lowest BCUT2D eigenvalue weighted by Crippen LogP contribution is -2.31. The molecule has 1 unspecified atom stereocenters. The molecule has 1 amide bonds. The summed E-state index contributed by atoms with van der Waals surface area (Å²) in [6.07, 6.45) is 9.72. The lowest BCUT2D eigenvalue weighted by molar-refractivity contribution is -0.121. The van der Waals surface area contributed by atoms with Gasteiger partial charge >= 0.3 is 0 Å². The zero-order valence-electron chi connectivity index (χ0n) is 9.62. The Morgan fingerprint density at radius 2 is 2.25 bits per heavy atom. The van der Waals surface area contributed by atoms with Crippen molar-refractivity contribution in [3.8, 4) is 0 Å². The molecule has 0 spiro atoms. The maximum atomic E-state index is 11.3. The van der Waals surface area contributed by atoms with Crippen molar-refractivity contribution >= 4 is 5.91 Å². The van der Waals surface area contributed by atoms with E-state index in [9.17, 15) is 4.79 Å². The Morgan fingerprint density at radius 1 is 1.44 bits per heavy atom. The van der Waals surface area contributed by atoms with E-state index in [2.05, 4.69) is 23.4 Å². The van der Waals surface area contributed by atoms with Crippen molar-refractivity contribution < 1.29 is 4.79 Å². The average Bonchev–Trinajstić information content (AvgIpc) is 2.41. The molecule has 1 heterocycles. The normalized spacial score (nSPS) is 20.7. The first kappa shape index (κ1) is 12.3. The summed E-state index contributed by atoms with van der Waals surface area (Å²) in [6.45, 7) is 5.91. The molecule has 0 bridgehead atoms. The van der Waals surface area contributed by atoms with Crippen LogP contribution in [0.4, 0.5) is 0 Å². The molecular formula is C14H17NO. The van der Waals surface area contributed by atoms with Gasteiger partial charge in [-0.3, -0.25) is 4.79 Å². The Bertz CT molecular complexity index is 391. The lowest BCUT2D eigenvalue weighted by atomic mass is 10.1. The van der Waals surface area contributed by atoms with Crippen molar-refractivity contribution in [1.82, 2.24) is 5.32 Å². The number of amides is 1. The molecule has 1 fully saturated rings. The second-order valence-electron chi connectivity index (χ2n) is 3.70. The number of allylic oxidation sites excluding steroid dienone is 3. The SMILES string of the molecule is C=C1CCCC(=O)NC1C=C=C=C/C=C\C. The van der Waals surface area contributed by atoms with E-state index in [1.165, 1.54) is 0 Å². The van der Waals surface area contributed by atoms with Gasteiger partial charge in [-0.2, -0.15) is 0 Å². The number of hydrogen-bond donors (Lipinski definition) is 1. The van der Waals surface area contributed by atoms with Crippen LogP contribution in [0.15, 0.2) is 47.9 Å². The van der Waals surface area contributed by atoms with E-state index in [1.54, 1.807) is 12.2 Å². The molecule has 0 radical (unpaired) electrons. The van der Waals surface area contributed by atoms with Gasteiger partial charge < -0.3 is 5.32 Å². The van der Waals surface area contributed by atoms with Crippen LogP contribution in [-0.4, -0.2) is 11.9 Å². The van der Waals surface area contributed by atoms with Crippen LogP contribution in [0.2, 0.25) is 0 Å². The summed E-state index contributed by atoms with van der Waals surface area (Å²) < 4.78 is 0. The minimum Gasteiger partial charge on any atom is -0.345 e. The van der Waals surface area contributed by atoms with Gasteiger partial charge in [0.1, 0.15) is 0 Å². The fourth-order valence-corrected chi connectivity index (χ4v) is 1.46. The zero-order chi connectivity index (χ0) is 11.8. The summed E-state index contributed by atoms with van der Waals surface area (Å²) in [5.74, 6) is 0.0825. The zero-order valence-corrected chi connectivity index (χ0v) is 9.62. The molecule has 0 saturated carbocycles. The van der Waals surface area contributed by atoms with Gasteiger partial charge in [-0.1, -0.05) is 35.8 Å². The van der Waals surface area contributed by atoms with Crippen LogP contribution in [0, 0.1) is 0 Å². The molecule has 1 aliphatic heterocycles. The third-order valence-electron chi connectivity index (χ3n) is 2.36. The number of rotatable bonds is 2. The molecule has 1 atom stereocenters. The first-order valence-corrected chi connectivity index (χ1v) is 5.50. The Balaban J connectivity index is 2.73. The lowest BCUT2D eigenvalue weighted by Gasteiger charge is -2.11. The Hall–Kier alpha value is -1.75. The molecule has 0 aromatic heterocycles. The number of carbonyl (C=O) groups is 1. The highest BCUT2D eigenvalue weighted by Gasteiger charge is 2.16. The highest BCUT2D eigenvalue weighted by Crippen LogP contribution is 2.14. The van der Waals surface area contributed by atoms with Gasteiger partial charge in [0.05, 0.1) is 6.04 Å². The van der Waals surface area contributed by atoms with Crippen molar-refractivity contribution in [3.63, 3.8) is 0 Å². The predicted octanol–water partition coefficient (Wildman–Crippen LogP) is 2.65. The molecular weight excluding hydrogens is 198 g/mol. The second kappa shape index (κ2) is 6.68. The topological polar surface area (TPSA) is 29.1 Å². The Kier molecular flexibility index (Phi) is 5.15. The summed E-state index contributed by atoms with van der Waals surface area (Å²) in [7, 11) is 0. The van der Waals surface area contributed by atoms with Crippen LogP contribution in [0.3, 0.4) is 0 Å². The molecule has 0 aromatic rings. The van der Waals surface area contributed by atoms with Gasteiger partial charge in [-0.15, -0.1) is 0 Å².